The molecular formula is C16H15NO6. The largest absolute Gasteiger partial charge is 0.503 e. The number of hydrogen-bond donors (Lipinski definition) is 0. The van der Waals surface area contributed by atoms with Gasteiger partial charge in [-0.05, 0) is 0 Å². The van der Waals surface area contributed by atoms with Crippen molar-refractivity contribution < 1.29 is 28.3 Å². The number of benzene rings is 1. The van der Waals surface area contributed by atoms with E-state index >= 15 is 0 Å². The Morgan fingerprint density at radius 1 is 1.13 bits per heavy atom. The normalized spacial score (nSPS) is 11.0. The first-order valence-electron chi connectivity index (χ1n) is 6.58. The topological polar surface area (TPSA) is 87.9 Å². The molecule has 0 N–H and O–H groups in total. The van der Waals surface area contributed by atoms with Crippen LogP contribution in [0.4, 0.5) is 0 Å². The molecule has 0 fully saturated rings. The first kappa shape index (κ1) is 16.3. The van der Waals surface area contributed by atoms with E-state index < -0.39 is 11.9 Å². The summed E-state index contributed by atoms with van der Waals surface area (Å²) in [6.07, 6.45) is 1.28. The zero-order chi connectivity index (χ0) is 16.8. The van der Waals surface area contributed by atoms with Gasteiger partial charge in [-0.2, -0.15) is 0 Å². The molecule has 0 amide bonds. The first-order valence-corrected chi connectivity index (χ1v) is 6.58. The van der Waals surface area contributed by atoms with Crippen molar-refractivity contribution >= 4 is 17.5 Å². The fraction of sp³-hybridized carbons (Fsp3) is 0.188. The van der Waals surface area contributed by atoms with E-state index in [4.69, 9.17) is 14.0 Å². The number of aromatic nitrogens is 1. The highest BCUT2D eigenvalue weighted by molar-refractivity contribution is 6.17. The average molecular weight is 317 g/mol. The summed E-state index contributed by atoms with van der Waals surface area (Å²) >= 11 is 0. The van der Waals surface area contributed by atoms with Crippen molar-refractivity contribution in [1.82, 2.24) is 5.16 Å². The van der Waals surface area contributed by atoms with Crippen LogP contribution in [0.25, 0.3) is 16.8 Å². The second-order valence-corrected chi connectivity index (χ2v) is 4.37. The summed E-state index contributed by atoms with van der Waals surface area (Å²) in [4.78, 5) is 23.4. The molecule has 0 bridgehead atoms. The number of nitrogens with zero attached hydrogens (tertiary/aromatic N) is 1. The van der Waals surface area contributed by atoms with Gasteiger partial charge in [-0.1, -0.05) is 29.4 Å². The van der Waals surface area contributed by atoms with Crippen LogP contribution >= 0.6 is 0 Å². The van der Waals surface area contributed by atoms with Crippen molar-refractivity contribution in [2.24, 2.45) is 0 Å². The molecule has 0 atom stereocenters. The fourth-order valence-corrected chi connectivity index (χ4v) is 1.99. The van der Waals surface area contributed by atoms with Crippen molar-refractivity contribution in [1.29, 1.82) is 0 Å². The number of methoxy groups -OCH3 is 3. The van der Waals surface area contributed by atoms with Gasteiger partial charge < -0.3 is 18.7 Å². The molecule has 1 aromatic heterocycles. The number of hydrogen-bond acceptors (Lipinski definition) is 7. The summed E-state index contributed by atoms with van der Waals surface area (Å²) in [6.45, 7) is 0. The quantitative estimate of drug-likeness (QED) is 0.475. The third-order valence-corrected chi connectivity index (χ3v) is 3.03. The van der Waals surface area contributed by atoms with Crippen molar-refractivity contribution in [2.45, 2.75) is 0 Å². The van der Waals surface area contributed by atoms with Gasteiger partial charge in [-0.15, -0.1) is 0 Å². The Labute approximate surface area is 132 Å². The van der Waals surface area contributed by atoms with Gasteiger partial charge in [0, 0.05) is 17.2 Å². The minimum Gasteiger partial charge on any atom is -0.503 e. The van der Waals surface area contributed by atoms with E-state index in [9.17, 15) is 9.59 Å². The van der Waals surface area contributed by atoms with E-state index in [1.807, 2.05) is 0 Å². The fourth-order valence-electron chi connectivity index (χ4n) is 1.99. The van der Waals surface area contributed by atoms with Crippen molar-refractivity contribution in [3.05, 3.63) is 47.9 Å². The Balaban J connectivity index is 2.53. The Kier molecular flexibility index (Phi) is 5.14. The molecule has 120 valence electrons. The second-order valence-electron chi connectivity index (χ2n) is 4.37. The van der Waals surface area contributed by atoms with E-state index in [2.05, 4.69) is 9.89 Å². The summed E-state index contributed by atoms with van der Waals surface area (Å²) in [6, 6.07) is 8.41. The monoisotopic (exact) mass is 317 g/mol. The van der Waals surface area contributed by atoms with Crippen LogP contribution in [0.15, 0.2) is 41.1 Å². The highest BCUT2D eigenvalue weighted by Gasteiger charge is 2.21. The van der Waals surface area contributed by atoms with Gasteiger partial charge in [0.05, 0.1) is 27.6 Å². The predicted molar refractivity (Wildman–Crippen MR) is 80.3 cm³/mol. The lowest BCUT2D eigenvalue weighted by Crippen LogP contribution is -2.05. The van der Waals surface area contributed by atoms with Crippen molar-refractivity contribution in [3.8, 4) is 11.3 Å². The van der Waals surface area contributed by atoms with Crippen molar-refractivity contribution in [3.63, 3.8) is 0 Å². The molecule has 0 saturated carbocycles. The Bertz CT molecular complexity index is 747. The number of rotatable bonds is 5. The van der Waals surface area contributed by atoms with Crippen LogP contribution in [0.2, 0.25) is 0 Å². The molecule has 1 heterocycles. The van der Waals surface area contributed by atoms with Gasteiger partial charge in [0.2, 0.25) is 5.76 Å². The van der Waals surface area contributed by atoms with Gasteiger partial charge in [-0.25, -0.2) is 9.59 Å². The van der Waals surface area contributed by atoms with Crippen molar-refractivity contribution in [2.75, 3.05) is 21.3 Å². The van der Waals surface area contributed by atoms with Gasteiger partial charge in [0.1, 0.15) is 11.3 Å². The van der Waals surface area contributed by atoms with Gasteiger partial charge in [0.25, 0.3) is 0 Å². The van der Waals surface area contributed by atoms with Crippen LogP contribution in [0.5, 0.6) is 0 Å². The van der Waals surface area contributed by atoms with E-state index in [0.29, 0.717) is 16.8 Å². The van der Waals surface area contributed by atoms with E-state index in [0.717, 1.165) is 0 Å². The van der Waals surface area contributed by atoms with Gasteiger partial charge >= 0.3 is 11.9 Å². The van der Waals surface area contributed by atoms with Crippen LogP contribution in [0, 0.1) is 0 Å². The summed E-state index contributed by atoms with van der Waals surface area (Å²) < 4.78 is 19.3. The molecular weight excluding hydrogens is 302 g/mol. The van der Waals surface area contributed by atoms with Crippen LogP contribution < -0.4 is 0 Å². The standard InChI is InChI=1S/C16H15NO6/c1-20-9-12(15(18)21-2)10-6-4-5-7-11(10)13-8-14(23-17-13)16(19)22-3/h4-9H,1-3H3. The Hall–Kier alpha value is -3.09. The highest BCUT2D eigenvalue weighted by atomic mass is 16.5. The summed E-state index contributed by atoms with van der Waals surface area (Å²) in [5, 5.41) is 3.85. The number of ether oxygens (including phenoxy) is 3. The molecule has 0 unspecified atom stereocenters. The summed E-state index contributed by atoms with van der Waals surface area (Å²) in [5.41, 5.74) is 1.71. The lowest BCUT2D eigenvalue weighted by atomic mass is 9.98. The molecule has 7 nitrogen and oxygen atoms in total. The first-order chi connectivity index (χ1) is 11.1. The maximum Gasteiger partial charge on any atom is 0.376 e. The van der Waals surface area contributed by atoms with Crippen LogP contribution in [-0.2, 0) is 19.0 Å². The summed E-state index contributed by atoms with van der Waals surface area (Å²) in [7, 11) is 3.95. The Morgan fingerprint density at radius 3 is 2.52 bits per heavy atom. The lowest BCUT2D eigenvalue weighted by Gasteiger charge is -2.09. The van der Waals surface area contributed by atoms with E-state index in [1.54, 1.807) is 24.3 Å². The van der Waals surface area contributed by atoms with Gasteiger partial charge in [0.15, 0.2) is 0 Å². The van der Waals surface area contributed by atoms with E-state index in [-0.39, 0.29) is 11.3 Å². The maximum atomic E-state index is 12.0. The smallest absolute Gasteiger partial charge is 0.376 e. The SMILES string of the molecule is COC=C(C(=O)OC)c1ccccc1-c1cc(C(=O)OC)on1. The molecule has 0 aliphatic heterocycles. The Morgan fingerprint density at radius 2 is 1.87 bits per heavy atom. The molecule has 0 saturated heterocycles. The molecule has 7 heteroatoms. The third kappa shape index (κ3) is 3.39. The second kappa shape index (κ2) is 7.26. The number of carbonyl (C=O) groups is 2. The molecule has 2 rings (SSSR count). The zero-order valence-electron chi connectivity index (χ0n) is 12.9. The van der Waals surface area contributed by atoms with Gasteiger partial charge in [-0.3, -0.25) is 0 Å². The predicted octanol–water partition coefficient (Wildman–Crippen LogP) is 2.29. The minimum absolute atomic E-state index is 0.0346. The summed E-state index contributed by atoms with van der Waals surface area (Å²) in [5.74, 6) is -1.23. The molecule has 0 spiro atoms. The van der Waals surface area contributed by atoms with Crippen LogP contribution in [-0.4, -0.2) is 38.4 Å². The van der Waals surface area contributed by atoms with Crippen LogP contribution in [0.1, 0.15) is 16.1 Å². The third-order valence-electron chi connectivity index (χ3n) is 3.03. The maximum absolute atomic E-state index is 12.0. The molecule has 0 radical (unpaired) electrons. The average Bonchev–Trinajstić information content (AvgIpc) is 3.08. The molecule has 0 aliphatic rings. The molecule has 1 aromatic carbocycles. The highest BCUT2D eigenvalue weighted by Crippen LogP contribution is 2.29. The zero-order valence-corrected chi connectivity index (χ0v) is 12.9. The van der Waals surface area contributed by atoms with E-state index in [1.165, 1.54) is 33.7 Å². The molecule has 23 heavy (non-hydrogen) atoms. The lowest BCUT2D eigenvalue weighted by molar-refractivity contribution is -0.133. The molecule has 2 aromatic rings. The molecule has 0 aliphatic carbocycles. The number of esters is 2. The number of carbonyl (C=O) groups excluding carboxylic acids is 2. The van der Waals surface area contributed by atoms with Crippen LogP contribution in [0.3, 0.4) is 0 Å². The minimum atomic E-state index is -0.637.